The third-order valence-electron chi connectivity index (χ3n) is 2.59. The lowest BCUT2D eigenvalue weighted by Crippen LogP contribution is -2.18. The van der Waals surface area contributed by atoms with Gasteiger partial charge in [0.05, 0.1) is 16.0 Å². The number of hydrogen-bond donors (Lipinski definition) is 1. The van der Waals surface area contributed by atoms with Gasteiger partial charge in [0.25, 0.3) is 10.0 Å². The van der Waals surface area contributed by atoms with Crippen LogP contribution in [-0.4, -0.2) is 14.6 Å². The van der Waals surface area contributed by atoms with Gasteiger partial charge in [0, 0.05) is 0 Å². The molecule has 0 fully saturated rings. The molecule has 19 heavy (non-hydrogen) atoms. The average molecular weight is 294 g/mol. The number of aryl methyl sites for hydroxylation is 2. The molecule has 6 heteroatoms. The first-order valence-corrected chi connectivity index (χ1v) is 8.01. The predicted molar refractivity (Wildman–Crippen MR) is 78.2 cm³/mol. The number of hydrogen-bond acceptors (Lipinski definition) is 4. The van der Waals surface area contributed by atoms with E-state index in [9.17, 15) is 8.42 Å². The van der Waals surface area contributed by atoms with Crippen molar-refractivity contribution in [1.82, 2.24) is 4.83 Å². The number of thiophene rings is 1. The summed E-state index contributed by atoms with van der Waals surface area (Å²) >= 11 is 1.51. The van der Waals surface area contributed by atoms with Crippen molar-refractivity contribution in [1.29, 1.82) is 0 Å². The summed E-state index contributed by atoms with van der Waals surface area (Å²) in [7, 11) is -3.59. The molecule has 0 amide bonds. The quantitative estimate of drug-likeness (QED) is 0.696. The third-order valence-corrected chi connectivity index (χ3v) is 4.78. The van der Waals surface area contributed by atoms with Gasteiger partial charge in [0.1, 0.15) is 0 Å². The van der Waals surface area contributed by atoms with Gasteiger partial charge < -0.3 is 0 Å². The zero-order valence-electron chi connectivity index (χ0n) is 10.6. The highest BCUT2D eigenvalue weighted by Gasteiger charge is 2.11. The zero-order valence-corrected chi connectivity index (χ0v) is 12.3. The Balaban J connectivity index is 2.12. The molecule has 4 nitrogen and oxygen atoms in total. The molecule has 1 heterocycles. The fourth-order valence-corrected chi connectivity index (χ4v) is 3.02. The molecule has 2 aromatic rings. The normalized spacial score (nSPS) is 11.9. The van der Waals surface area contributed by atoms with Crippen LogP contribution in [0.4, 0.5) is 0 Å². The minimum Gasteiger partial charge on any atom is -0.200 e. The number of benzene rings is 1. The van der Waals surface area contributed by atoms with Crippen LogP contribution >= 0.6 is 11.3 Å². The van der Waals surface area contributed by atoms with E-state index in [0.29, 0.717) is 0 Å². The van der Waals surface area contributed by atoms with Gasteiger partial charge in [0.2, 0.25) is 0 Å². The molecule has 1 aromatic heterocycles. The van der Waals surface area contributed by atoms with E-state index in [4.69, 9.17) is 0 Å². The summed E-state index contributed by atoms with van der Waals surface area (Å²) in [6.07, 6.45) is 1.52. The second kappa shape index (κ2) is 5.54. The van der Waals surface area contributed by atoms with Crippen LogP contribution in [-0.2, 0) is 10.0 Å². The Morgan fingerprint density at radius 2 is 1.84 bits per heavy atom. The number of nitrogens with zero attached hydrogens (tertiary/aromatic N) is 1. The van der Waals surface area contributed by atoms with Crippen LogP contribution in [0.3, 0.4) is 0 Å². The first-order valence-electron chi connectivity index (χ1n) is 5.65. The first kappa shape index (κ1) is 13.8. The molecule has 100 valence electrons. The smallest absolute Gasteiger partial charge is 0.200 e. The van der Waals surface area contributed by atoms with Crippen molar-refractivity contribution in [2.24, 2.45) is 5.10 Å². The first-order chi connectivity index (χ1) is 8.99. The summed E-state index contributed by atoms with van der Waals surface area (Å²) in [6.45, 7) is 3.86. The Hall–Kier alpha value is -1.66. The van der Waals surface area contributed by atoms with E-state index in [1.165, 1.54) is 17.6 Å². The highest BCUT2D eigenvalue weighted by atomic mass is 32.2. The topological polar surface area (TPSA) is 58.5 Å². The molecule has 1 aromatic carbocycles. The Morgan fingerprint density at radius 1 is 1.16 bits per heavy atom. The molecule has 0 saturated carbocycles. The molecular weight excluding hydrogens is 280 g/mol. The maximum absolute atomic E-state index is 11.9. The predicted octanol–water partition coefficient (Wildman–Crippen LogP) is 2.68. The number of rotatable bonds is 4. The van der Waals surface area contributed by atoms with Gasteiger partial charge in [-0.3, -0.25) is 0 Å². The molecule has 0 aliphatic carbocycles. The van der Waals surface area contributed by atoms with Crippen LogP contribution in [0.15, 0.2) is 45.7 Å². The van der Waals surface area contributed by atoms with Gasteiger partial charge in [-0.05, 0) is 43.0 Å². The third kappa shape index (κ3) is 3.42. The van der Waals surface area contributed by atoms with Gasteiger partial charge in [-0.2, -0.15) is 13.5 Å². The van der Waals surface area contributed by atoms with E-state index in [1.54, 1.807) is 24.3 Å². The Kier molecular flexibility index (Phi) is 4.01. The van der Waals surface area contributed by atoms with E-state index >= 15 is 0 Å². The summed E-state index contributed by atoms with van der Waals surface area (Å²) in [6, 6.07) is 8.58. The van der Waals surface area contributed by atoms with Crippen LogP contribution in [0.2, 0.25) is 0 Å². The molecule has 0 spiro atoms. The van der Waals surface area contributed by atoms with E-state index in [2.05, 4.69) is 9.93 Å². The highest BCUT2D eigenvalue weighted by molar-refractivity contribution is 7.89. The largest absolute Gasteiger partial charge is 0.276 e. The molecule has 2 rings (SSSR count). The number of hydrazone groups is 1. The van der Waals surface area contributed by atoms with Gasteiger partial charge in [-0.25, -0.2) is 4.83 Å². The van der Waals surface area contributed by atoms with Gasteiger partial charge in [-0.1, -0.05) is 17.7 Å². The molecular formula is C13H14N2O2S2. The molecule has 1 N–H and O–H groups in total. The Morgan fingerprint density at radius 3 is 2.42 bits per heavy atom. The van der Waals surface area contributed by atoms with Crippen molar-refractivity contribution in [2.45, 2.75) is 18.7 Å². The lowest BCUT2D eigenvalue weighted by Gasteiger charge is -2.03. The van der Waals surface area contributed by atoms with E-state index < -0.39 is 10.0 Å². The fourth-order valence-electron chi connectivity index (χ4n) is 1.44. The monoisotopic (exact) mass is 294 g/mol. The van der Waals surface area contributed by atoms with Crippen molar-refractivity contribution in [3.63, 3.8) is 0 Å². The van der Waals surface area contributed by atoms with E-state index in [-0.39, 0.29) is 4.90 Å². The van der Waals surface area contributed by atoms with Crippen molar-refractivity contribution in [3.05, 3.63) is 51.7 Å². The van der Waals surface area contributed by atoms with Crippen molar-refractivity contribution >= 4 is 27.6 Å². The fraction of sp³-hybridized carbons (Fsp3) is 0.154. The number of sulfonamides is 1. The summed E-state index contributed by atoms with van der Waals surface area (Å²) in [4.78, 5) is 3.35. The summed E-state index contributed by atoms with van der Waals surface area (Å²) in [5.74, 6) is 0. The lowest BCUT2D eigenvalue weighted by molar-refractivity contribution is 0.584. The summed E-state index contributed by atoms with van der Waals surface area (Å²) < 4.78 is 23.9. The van der Waals surface area contributed by atoms with Crippen LogP contribution in [0.1, 0.15) is 16.0 Å². The van der Waals surface area contributed by atoms with Crippen LogP contribution in [0.5, 0.6) is 0 Å². The van der Waals surface area contributed by atoms with Crippen molar-refractivity contribution < 1.29 is 8.42 Å². The zero-order chi connectivity index (χ0) is 13.9. The molecule has 0 saturated heterocycles. The highest BCUT2D eigenvalue weighted by Crippen LogP contribution is 2.13. The van der Waals surface area contributed by atoms with Crippen molar-refractivity contribution in [2.75, 3.05) is 0 Å². The van der Waals surface area contributed by atoms with Gasteiger partial charge >= 0.3 is 0 Å². The van der Waals surface area contributed by atoms with Crippen LogP contribution in [0.25, 0.3) is 0 Å². The molecule has 0 atom stereocenters. The van der Waals surface area contributed by atoms with Crippen LogP contribution < -0.4 is 4.83 Å². The second-order valence-electron chi connectivity index (χ2n) is 4.13. The lowest BCUT2D eigenvalue weighted by atomic mass is 10.2. The van der Waals surface area contributed by atoms with E-state index in [0.717, 1.165) is 16.0 Å². The van der Waals surface area contributed by atoms with Gasteiger partial charge in [0.15, 0.2) is 0 Å². The molecule has 0 aliphatic rings. The average Bonchev–Trinajstić information content (AvgIpc) is 2.75. The molecule has 0 radical (unpaired) electrons. The minimum absolute atomic E-state index is 0.207. The maximum atomic E-state index is 11.9. The van der Waals surface area contributed by atoms with Crippen molar-refractivity contribution in [3.8, 4) is 0 Å². The van der Waals surface area contributed by atoms with Gasteiger partial charge in [-0.15, -0.1) is 11.3 Å². The number of nitrogens with one attached hydrogen (secondary N) is 1. The molecule has 0 aliphatic heterocycles. The maximum Gasteiger partial charge on any atom is 0.276 e. The van der Waals surface area contributed by atoms with E-state index in [1.807, 2.05) is 25.3 Å². The Labute approximate surface area is 116 Å². The summed E-state index contributed by atoms with van der Waals surface area (Å²) in [5, 5.41) is 5.73. The second-order valence-corrected chi connectivity index (χ2v) is 6.74. The Bertz CT molecular complexity index is 686. The van der Waals surface area contributed by atoms with Crippen LogP contribution in [0, 0.1) is 13.8 Å². The summed E-state index contributed by atoms with van der Waals surface area (Å²) in [5.41, 5.74) is 2.08. The molecule has 0 bridgehead atoms. The minimum atomic E-state index is -3.59. The molecule has 0 unspecified atom stereocenters. The standard InChI is InChI=1S/C13H14N2O2S2/c1-10-3-5-12(6-4-10)19(16,17)15-14-9-13-11(2)7-8-18-13/h3-9,15H,1-2H3. The SMILES string of the molecule is Cc1ccc(S(=O)(=O)NN=Cc2sccc2C)cc1.